The molecule has 8 heteroatoms. The van der Waals surface area contributed by atoms with Gasteiger partial charge in [0.25, 0.3) is 5.91 Å². The van der Waals surface area contributed by atoms with E-state index in [0.717, 1.165) is 4.88 Å². The highest BCUT2D eigenvalue weighted by Gasteiger charge is 2.07. The lowest BCUT2D eigenvalue weighted by molar-refractivity contribution is -0.115. The normalized spacial score (nSPS) is 10.3. The highest BCUT2D eigenvalue weighted by atomic mass is 35.5. The predicted molar refractivity (Wildman–Crippen MR) is 96.1 cm³/mol. The summed E-state index contributed by atoms with van der Waals surface area (Å²) in [6.45, 7) is 0. The molecule has 0 saturated heterocycles. The molecule has 0 radical (unpaired) electrons. The number of nitrogens with one attached hydrogen (secondary N) is 3. The van der Waals surface area contributed by atoms with Crippen molar-refractivity contribution < 1.29 is 9.59 Å². The lowest BCUT2D eigenvalue weighted by Gasteiger charge is -2.09. The smallest absolute Gasteiger partial charge is 0.269 e. The summed E-state index contributed by atoms with van der Waals surface area (Å²) >= 11 is 12.2. The summed E-state index contributed by atoms with van der Waals surface area (Å²) in [5.74, 6) is -0.814. The SMILES string of the molecule is O=C(C=Cc1cccs1)NC(=S)NNC(=O)c1cccc(Cl)c1. The molecule has 2 aromatic rings. The molecule has 0 saturated carbocycles. The number of benzene rings is 1. The Morgan fingerprint density at radius 2 is 2.00 bits per heavy atom. The zero-order valence-electron chi connectivity index (χ0n) is 11.7. The summed E-state index contributed by atoms with van der Waals surface area (Å²) < 4.78 is 0. The Morgan fingerprint density at radius 1 is 1.17 bits per heavy atom. The number of hydrogen-bond acceptors (Lipinski definition) is 4. The topological polar surface area (TPSA) is 70.2 Å². The van der Waals surface area contributed by atoms with E-state index in [0.29, 0.717) is 10.6 Å². The van der Waals surface area contributed by atoms with Crippen LogP contribution < -0.4 is 16.2 Å². The molecule has 0 fully saturated rings. The van der Waals surface area contributed by atoms with Gasteiger partial charge in [0, 0.05) is 21.5 Å². The Bertz CT molecular complexity index is 745. The lowest BCUT2D eigenvalue weighted by Crippen LogP contribution is -2.48. The minimum absolute atomic E-state index is 0.0128. The monoisotopic (exact) mass is 365 g/mol. The van der Waals surface area contributed by atoms with Crippen molar-refractivity contribution in [1.82, 2.24) is 16.2 Å². The number of thiophene rings is 1. The van der Waals surface area contributed by atoms with Gasteiger partial charge in [0.15, 0.2) is 5.11 Å². The Hall–Kier alpha value is -2.22. The largest absolute Gasteiger partial charge is 0.298 e. The third-order valence-corrected chi connectivity index (χ3v) is 3.83. The van der Waals surface area contributed by atoms with Gasteiger partial charge in [0.05, 0.1) is 0 Å². The molecule has 0 aliphatic heterocycles. The summed E-state index contributed by atoms with van der Waals surface area (Å²) in [4.78, 5) is 24.5. The molecule has 0 aliphatic carbocycles. The van der Waals surface area contributed by atoms with E-state index >= 15 is 0 Å². The third-order valence-electron chi connectivity index (χ3n) is 2.56. The number of thiocarbonyl (C=S) groups is 1. The lowest BCUT2D eigenvalue weighted by atomic mass is 10.2. The fourth-order valence-electron chi connectivity index (χ4n) is 1.54. The molecule has 1 heterocycles. The first-order valence-electron chi connectivity index (χ1n) is 6.43. The molecule has 0 unspecified atom stereocenters. The van der Waals surface area contributed by atoms with Crippen LogP contribution in [0.2, 0.25) is 5.02 Å². The number of carbonyl (C=O) groups excluding carboxylic acids is 2. The van der Waals surface area contributed by atoms with Gasteiger partial charge in [-0.05, 0) is 47.9 Å². The van der Waals surface area contributed by atoms with Crippen molar-refractivity contribution in [3.05, 3.63) is 63.3 Å². The van der Waals surface area contributed by atoms with Crippen molar-refractivity contribution >= 4 is 58.2 Å². The number of amides is 2. The van der Waals surface area contributed by atoms with E-state index in [9.17, 15) is 9.59 Å². The molecule has 3 N–H and O–H groups in total. The molecule has 0 aliphatic rings. The summed E-state index contributed by atoms with van der Waals surface area (Å²) in [6.07, 6.45) is 3.03. The quantitative estimate of drug-likeness (QED) is 0.444. The van der Waals surface area contributed by atoms with Gasteiger partial charge in [0.2, 0.25) is 5.91 Å². The van der Waals surface area contributed by atoms with Crippen LogP contribution in [0, 0.1) is 0 Å². The average Bonchev–Trinajstić information content (AvgIpc) is 3.04. The summed E-state index contributed by atoms with van der Waals surface area (Å²) in [7, 11) is 0. The first-order valence-corrected chi connectivity index (χ1v) is 8.09. The van der Waals surface area contributed by atoms with Crippen LogP contribution in [0.15, 0.2) is 47.9 Å². The van der Waals surface area contributed by atoms with E-state index in [2.05, 4.69) is 16.2 Å². The van der Waals surface area contributed by atoms with Gasteiger partial charge in [-0.25, -0.2) is 0 Å². The van der Waals surface area contributed by atoms with Crippen LogP contribution in [0.4, 0.5) is 0 Å². The number of hydrazine groups is 1. The number of halogens is 1. The van der Waals surface area contributed by atoms with Crippen molar-refractivity contribution in [2.24, 2.45) is 0 Å². The van der Waals surface area contributed by atoms with E-state index < -0.39 is 11.8 Å². The molecule has 0 spiro atoms. The highest BCUT2D eigenvalue weighted by molar-refractivity contribution is 7.80. The second-order valence-electron chi connectivity index (χ2n) is 4.26. The van der Waals surface area contributed by atoms with E-state index in [1.165, 1.54) is 23.5 Å². The fourth-order valence-corrected chi connectivity index (χ4v) is 2.50. The molecular formula is C15H12ClN3O2S2. The molecule has 2 rings (SSSR count). The summed E-state index contributed by atoms with van der Waals surface area (Å²) in [6, 6.07) is 10.2. The zero-order chi connectivity index (χ0) is 16.7. The molecule has 2 amide bonds. The maximum absolute atomic E-state index is 11.9. The van der Waals surface area contributed by atoms with Crippen molar-refractivity contribution in [1.29, 1.82) is 0 Å². The van der Waals surface area contributed by atoms with Crippen LogP contribution in [0.25, 0.3) is 6.08 Å². The molecule has 0 atom stereocenters. The van der Waals surface area contributed by atoms with Crippen molar-refractivity contribution in [3.63, 3.8) is 0 Å². The maximum Gasteiger partial charge on any atom is 0.269 e. The Kier molecular flexibility index (Phi) is 6.28. The zero-order valence-corrected chi connectivity index (χ0v) is 14.1. The van der Waals surface area contributed by atoms with Crippen molar-refractivity contribution in [3.8, 4) is 0 Å². The van der Waals surface area contributed by atoms with Crippen LogP contribution in [0.1, 0.15) is 15.2 Å². The molecule has 23 heavy (non-hydrogen) atoms. The fraction of sp³-hybridized carbons (Fsp3) is 0. The van der Waals surface area contributed by atoms with Crippen molar-refractivity contribution in [2.45, 2.75) is 0 Å². The van der Waals surface area contributed by atoms with Crippen LogP contribution in [0.5, 0.6) is 0 Å². The number of rotatable bonds is 3. The molecule has 0 bridgehead atoms. The predicted octanol–water partition coefficient (Wildman–Crippen LogP) is 2.75. The first-order chi connectivity index (χ1) is 11.0. The Labute approximate surface area is 147 Å². The van der Waals surface area contributed by atoms with Gasteiger partial charge < -0.3 is 0 Å². The second kappa shape index (κ2) is 8.42. The van der Waals surface area contributed by atoms with Gasteiger partial charge >= 0.3 is 0 Å². The standard InChI is InChI=1S/C15H12ClN3O2S2/c16-11-4-1-3-10(9-11)14(21)18-19-15(22)17-13(20)7-6-12-5-2-8-23-12/h1-9H,(H,18,21)(H2,17,19,20,22). The van der Waals surface area contributed by atoms with E-state index in [1.807, 2.05) is 17.5 Å². The van der Waals surface area contributed by atoms with Gasteiger partial charge in [-0.2, -0.15) is 0 Å². The van der Waals surface area contributed by atoms with Gasteiger partial charge in [-0.15, -0.1) is 11.3 Å². The van der Waals surface area contributed by atoms with Crippen LogP contribution in [-0.4, -0.2) is 16.9 Å². The van der Waals surface area contributed by atoms with E-state index in [-0.39, 0.29) is 5.11 Å². The first kappa shape index (κ1) is 17.1. The van der Waals surface area contributed by atoms with E-state index in [1.54, 1.807) is 24.3 Å². The van der Waals surface area contributed by atoms with Crippen LogP contribution in [-0.2, 0) is 4.79 Å². The highest BCUT2D eigenvalue weighted by Crippen LogP contribution is 2.10. The minimum atomic E-state index is -0.418. The minimum Gasteiger partial charge on any atom is -0.298 e. The van der Waals surface area contributed by atoms with E-state index in [4.69, 9.17) is 23.8 Å². The molecule has 1 aromatic heterocycles. The molecule has 5 nitrogen and oxygen atoms in total. The van der Waals surface area contributed by atoms with Gasteiger partial charge in [0.1, 0.15) is 0 Å². The molecule has 1 aromatic carbocycles. The van der Waals surface area contributed by atoms with Crippen LogP contribution >= 0.6 is 35.2 Å². The maximum atomic E-state index is 11.9. The molecular weight excluding hydrogens is 354 g/mol. The summed E-state index contributed by atoms with van der Waals surface area (Å²) in [5, 5.41) is 4.77. The Balaban J connectivity index is 1.78. The molecule has 118 valence electrons. The second-order valence-corrected chi connectivity index (χ2v) is 6.08. The van der Waals surface area contributed by atoms with Gasteiger partial charge in [-0.1, -0.05) is 23.7 Å². The Morgan fingerprint density at radius 3 is 2.70 bits per heavy atom. The number of carbonyl (C=O) groups is 2. The number of hydrogen-bond donors (Lipinski definition) is 3. The average molecular weight is 366 g/mol. The summed E-state index contributed by atoms with van der Waals surface area (Å²) in [5.41, 5.74) is 5.20. The third kappa shape index (κ3) is 5.82. The van der Waals surface area contributed by atoms with Gasteiger partial charge in [-0.3, -0.25) is 25.8 Å². The van der Waals surface area contributed by atoms with Crippen molar-refractivity contribution in [2.75, 3.05) is 0 Å². The van der Waals surface area contributed by atoms with Crippen LogP contribution in [0.3, 0.4) is 0 Å².